The summed E-state index contributed by atoms with van der Waals surface area (Å²) in [6.45, 7) is 13.6. The lowest BCUT2D eigenvalue weighted by Crippen LogP contribution is -2.03. The van der Waals surface area contributed by atoms with Crippen molar-refractivity contribution >= 4 is 0 Å². The van der Waals surface area contributed by atoms with Crippen LogP contribution in [0.5, 0.6) is 0 Å². The Morgan fingerprint density at radius 3 is 1.80 bits per heavy atom. The molecule has 0 fully saturated rings. The van der Waals surface area contributed by atoms with Crippen LogP contribution in [0, 0.1) is 26.7 Å². The fourth-order valence-electron chi connectivity index (χ4n) is 2.79. The van der Waals surface area contributed by atoms with Gasteiger partial charge in [-0.15, -0.1) is 0 Å². The first kappa shape index (κ1) is 12.3. The van der Waals surface area contributed by atoms with E-state index < -0.39 is 0 Å². The molecule has 0 aliphatic heterocycles. The van der Waals surface area contributed by atoms with Gasteiger partial charge in [-0.2, -0.15) is 0 Å². The van der Waals surface area contributed by atoms with Crippen LogP contribution in [0.1, 0.15) is 55.4 Å². The molecular formula is C15H24. The van der Waals surface area contributed by atoms with Gasteiger partial charge in [0.2, 0.25) is 0 Å². The van der Waals surface area contributed by atoms with Crippen LogP contribution < -0.4 is 0 Å². The molecule has 1 unspecified atom stereocenters. The zero-order valence-corrected chi connectivity index (χ0v) is 11.0. The number of rotatable bonds is 3. The summed E-state index contributed by atoms with van der Waals surface area (Å²) in [6, 6.07) is 4.61. The first-order valence-electron chi connectivity index (χ1n) is 5.99. The van der Waals surface area contributed by atoms with E-state index in [4.69, 9.17) is 0 Å². The number of benzene rings is 1. The maximum absolute atomic E-state index is 2.35. The summed E-state index contributed by atoms with van der Waals surface area (Å²) in [4.78, 5) is 0. The highest BCUT2D eigenvalue weighted by Crippen LogP contribution is 2.29. The third kappa shape index (κ3) is 3.09. The number of aryl methyl sites for hydroxylation is 3. The van der Waals surface area contributed by atoms with Gasteiger partial charge in [-0.3, -0.25) is 0 Å². The summed E-state index contributed by atoms with van der Waals surface area (Å²) < 4.78 is 0. The van der Waals surface area contributed by atoms with Crippen molar-refractivity contribution in [3.05, 3.63) is 34.4 Å². The highest BCUT2D eigenvalue weighted by atomic mass is 14.2. The van der Waals surface area contributed by atoms with Gasteiger partial charge < -0.3 is 0 Å². The zero-order valence-electron chi connectivity index (χ0n) is 11.0. The molecule has 1 atom stereocenters. The Morgan fingerprint density at radius 2 is 1.40 bits per heavy atom. The van der Waals surface area contributed by atoms with Crippen molar-refractivity contribution < 1.29 is 0 Å². The minimum Gasteiger partial charge on any atom is -0.0628 e. The Kier molecular flexibility index (Phi) is 3.96. The molecule has 0 aliphatic rings. The van der Waals surface area contributed by atoms with Gasteiger partial charge in [0.1, 0.15) is 0 Å². The normalized spacial score (nSPS) is 13.3. The maximum Gasteiger partial charge on any atom is -0.0183 e. The van der Waals surface area contributed by atoms with Crippen LogP contribution in [-0.2, 0) is 0 Å². The first-order chi connectivity index (χ1) is 6.91. The van der Waals surface area contributed by atoms with E-state index in [0.717, 1.165) is 5.92 Å². The van der Waals surface area contributed by atoms with Crippen molar-refractivity contribution in [3.8, 4) is 0 Å². The van der Waals surface area contributed by atoms with E-state index in [1.54, 1.807) is 5.56 Å². The number of hydrogen-bond donors (Lipinski definition) is 0. The molecule has 0 heteroatoms. The average molecular weight is 204 g/mol. The summed E-state index contributed by atoms with van der Waals surface area (Å²) >= 11 is 0. The fraction of sp³-hybridized carbons (Fsp3) is 0.600. The average Bonchev–Trinajstić information content (AvgIpc) is 1.99. The minimum atomic E-state index is 0.686. The van der Waals surface area contributed by atoms with Gasteiger partial charge in [-0.1, -0.05) is 38.5 Å². The van der Waals surface area contributed by atoms with E-state index in [0.29, 0.717) is 5.92 Å². The molecule has 1 rings (SSSR count). The second-order valence-electron chi connectivity index (χ2n) is 5.34. The summed E-state index contributed by atoms with van der Waals surface area (Å²) in [5.41, 5.74) is 5.86. The van der Waals surface area contributed by atoms with Gasteiger partial charge in [0.25, 0.3) is 0 Å². The van der Waals surface area contributed by atoms with Crippen LogP contribution in [0.25, 0.3) is 0 Å². The molecule has 0 aromatic heterocycles. The van der Waals surface area contributed by atoms with E-state index in [1.807, 2.05) is 0 Å². The van der Waals surface area contributed by atoms with Crippen molar-refractivity contribution in [2.75, 3.05) is 0 Å². The second kappa shape index (κ2) is 4.83. The highest BCUT2D eigenvalue weighted by molar-refractivity contribution is 5.39. The van der Waals surface area contributed by atoms with Crippen LogP contribution in [0.4, 0.5) is 0 Å². The largest absolute Gasteiger partial charge is 0.0628 e. The minimum absolute atomic E-state index is 0.686. The van der Waals surface area contributed by atoms with Gasteiger partial charge in [0, 0.05) is 0 Å². The quantitative estimate of drug-likeness (QED) is 0.666. The molecule has 0 nitrogen and oxygen atoms in total. The molecule has 0 spiro atoms. The van der Waals surface area contributed by atoms with Gasteiger partial charge >= 0.3 is 0 Å². The standard InChI is InChI=1S/C15H24/c1-10(2)7-12(4)15-13(5)8-11(3)9-14(15)6/h8-10,12H,7H2,1-6H3. The van der Waals surface area contributed by atoms with Gasteiger partial charge in [0.05, 0.1) is 0 Å². The Morgan fingerprint density at radius 1 is 0.933 bits per heavy atom. The number of hydrogen-bond acceptors (Lipinski definition) is 0. The van der Waals surface area contributed by atoms with E-state index in [-0.39, 0.29) is 0 Å². The van der Waals surface area contributed by atoms with Crippen molar-refractivity contribution in [2.24, 2.45) is 5.92 Å². The predicted molar refractivity (Wildman–Crippen MR) is 68.5 cm³/mol. The lowest BCUT2D eigenvalue weighted by atomic mass is 9.86. The Hall–Kier alpha value is -0.780. The van der Waals surface area contributed by atoms with Gasteiger partial charge in [-0.05, 0) is 55.7 Å². The molecule has 0 saturated heterocycles. The summed E-state index contributed by atoms with van der Waals surface area (Å²) in [7, 11) is 0. The van der Waals surface area contributed by atoms with Crippen molar-refractivity contribution in [1.82, 2.24) is 0 Å². The molecule has 1 aromatic carbocycles. The SMILES string of the molecule is Cc1cc(C)c(C(C)CC(C)C)c(C)c1. The third-order valence-electron chi connectivity index (χ3n) is 3.06. The fourth-order valence-corrected chi connectivity index (χ4v) is 2.79. The van der Waals surface area contributed by atoms with Crippen LogP contribution in [0.15, 0.2) is 12.1 Å². The Labute approximate surface area is 94.7 Å². The van der Waals surface area contributed by atoms with Gasteiger partial charge in [0.15, 0.2) is 0 Å². The lowest BCUT2D eigenvalue weighted by molar-refractivity contribution is 0.521. The Bertz CT molecular complexity index is 311. The molecule has 0 N–H and O–H groups in total. The van der Waals surface area contributed by atoms with Crippen LogP contribution in [0.3, 0.4) is 0 Å². The highest BCUT2D eigenvalue weighted by Gasteiger charge is 2.13. The lowest BCUT2D eigenvalue weighted by Gasteiger charge is -2.20. The topological polar surface area (TPSA) is 0 Å². The zero-order chi connectivity index (χ0) is 11.6. The van der Waals surface area contributed by atoms with E-state index in [9.17, 15) is 0 Å². The molecule has 84 valence electrons. The van der Waals surface area contributed by atoms with Crippen molar-refractivity contribution in [3.63, 3.8) is 0 Å². The molecule has 0 heterocycles. The molecular weight excluding hydrogens is 180 g/mol. The first-order valence-corrected chi connectivity index (χ1v) is 5.99. The summed E-state index contributed by atoms with van der Waals surface area (Å²) in [5, 5.41) is 0. The predicted octanol–water partition coefficient (Wildman–Crippen LogP) is 4.76. The van der Waals surface area contributed by atoms with Crippen molar-refractivity contribution in [2.45, 2.75) is 53.9 Å². The van der Waals surface area contributed by atoms with E-state index in [2.05, 4.69) is 53.7 Å². The smallest absolute Gasteiger partial charge is 0.0183 e. The summed E-state index contributed by atoms with van der Waals surface area (Å²) in [6.07, 6.45) is 1.28. The molecule has 1 aromatic rings. The van der Waals surface area contributed by atoms with E-state index >= 15 is 0 Å². The monoisotopic (exact) mass is 204 g/mol. The van der Waals surface area contributed by atoms with Crippen LogP contribution >= 0.6 is 0 Å². The molecule has 0 bridgehead atoms. The third-order valence-corrected chi connectivity index (χ3v) is 3.06. The molecule has 0 aliphatic carbocycles. The summed E-state index contributed by atoms with van der Waals surface area (Å²) in [5.74, 6) is 1.46. The van der Waals surface area contributed by atoms with Crippen LogP contribution in [-0.4, -0.2) is 0 Å². The molecule has 0 amide bonds. The van der Waals surface area contributed by atoms with Gasteiger partial charge in [-0.25, -0.2) is 0 Å². The molecule has 0 saturated carbocycles. The maximum atomic E-state index is 2.35. The second-order valence-corrected chi connectivity index (χ2v) is 5.34. The van der Waals surface area contributed by atoms with Crippen molar-refractivity contribution in [1.29, 1.82) is 0 Å². The Balaban J connectivity index is 3.03. The molecule has 15 heavy (non-hydrogen) atoms. The molecule has 0 radical (unpaired) electrons. The van der Waals surface area contributed by atoms with E-state index in [1.165, 1.54) is 23.1 Å². The van der Waals surface area contributed by atoms with Crippen LogP contribution in [0.2, 0.25) is 0 Å².